The van der Waals surface area contributed by atoms with E-state index in [1.807, 2.05) is 0 Å². The molecule has 0 bridgehead atoms. The molecule has 0 saturated carbocycles. The lowest BCUT2D eigenvalue weighted by Gasteiger charge is -2.09. The highest BCUT2D eigenvalue weighted by Crippen LogP contribution is 2.19. The summed E-state index contributed by atoms with van der Waals surface area (Å²) in [7, 11) is 0. The molecule has 24 heavy (non-hydrogen) atoms. The SMILES string of the molecule is N#Cc1cc([N+](=O)[O-])cn(CC(=O)Nc2cc(Cl)ccc2F)c1=O. The summed E-state index contributed by atoms with van der Waals surface area (Å²) in [4.78, 5) is 33.9. The van der Waals surface area contributed by atoms with E-state index in [0.717, 1.165) is 18.3 Å². The Balaban J connectivity index is 2.30. The number of halogens is 2. The van der Waals surface area contributed by atoms with Crippen LogP contribution in [0, 0.1) is 27.3 Å². The van der Waals surface area contributed by atoms with Crippen LogP contribution in [0.3, 0.4) is 0 Å². The number of carbonyl (C=O) groups is 1. The summed E-state index contributed by atoms with van der Waals surface area (Å²) in [6.45, 7) is -0.638. The number of nitrogens with one attached hydrogen (secondary N) is 1. The molecule has 0 aliphatic heterocycles. The second-order valence-corrected chi connectivity index (χ2v) is 5.02. The van der Waals surface area contributed by atoms with E-state index in [0.29, 0.717) is 4.57 Å². The Hall–Kier alpha value is -3.25. The molecule has 1 amide bonds. The van der Waals surface area contributed by atoms with Gasteiger partial charge >= 0.3 is 0 Å². The van der Waals surface area contributed by atoms with Gasteiger partial charge in [0.15, 0.2) is 0 Å². The lowest BCUT2D eigenvalue weighted by atomic mass is 10.2. The van der Waals surface area contributed by atoms with Crippen LogP contribution in [0.25, 0.3) is 0 Å². The summed E-state index contributed by atoms with van der Waals surface area (Å²) >= 11 is 5.70. The average Bonchev–Trinajstić information content (AvgIpc) is 2.52. The van der Waals surface area contributed by atoms with Crippen molar-refractivity contribution in [1.82, 2.24) is 4.57 Å². The highest BCUT2D eigenvalue weighted by molar-refractivity contribution is 6.30. The first-order valence-electron chi connectivity index (χ1n) is 6.35. The van der Waals surface area contributed by atoms with Gasteiger partial charge in [-0.05, 0) is 18.2 Å². The second-order valence-electron chi connectivity index (χ2n) is 4.59. The lowest BCUT2D eigenvalue weighted by molar-refractivity contribution is -0.385. The highest BCUT2D eigenvalue weighted by Gasteiger charge is 2.16. The molecule has 2 rings (SSSR count). The molecule has 1 N–H and O–H groups in total. The summed E-state index contributed by atoms with van der Waals surface area (Å²) in [5.74, 6) is -1.56. The number of carbonyl (C=O) groups excluding carboxylic acids is 1. The van der Waals surface area contributed by atoms with Gasteiger partial charge in [0, 0.05) is 11.1 Å². The van der Waals surface area contributed by atoms with Crippen LogP contribution in [0.15, 0.2) is 35.3 Å². The van der Waals surface area contributed by atoms with Gasteiger partial charge in [-0.2, -0.15) is 5.26 Å². The van der Waals surface area contributed by atoms with Crippen LogP contribution in [0.5, 0.6) is 0 Å². The van der Waals surface area contributed by atoms with Crippen molar-refractivity contribution in [2.45, 2.75) is 6.54 Å². The number of hydrogen-bond donors (Lipinski definition) is 1. The molecule has 0 radical (unpaired) electrons. The maximum absolute atomic E-state index is 13.6. The molecule has 8 nitrogen and oxygen atoms in total. The lowest BCUT2D eigenvalue weighted by Crippen LogP contribution is -2.29. The Morgan fingerprint density at radius 2 is 2.17 bits per heavy atom. The number of aromatic nitrogens is 1. The first kappa shape index (κ1) is 17.1. The van der Waals surface area contributed by atoms with Crippen LogP contribution in [0.2, 0.25) is 5.02 Å². The molecule has 1 aromatic heterocycles. The maximum Gasteiger partial charge on any atom is 0.287 e. The average molecular weight is 351 g/mol. The number of amides is 1. The Morgan fingerprint density at radius 3 is 2.79 bits per heavy atom. The monoisotopic (exact) mass is 350 g/mol. The smallest absolute Gasteiger partial charge is 0.287 e. The van der Waals surface area contributed by atoms with E-state index in [4.69, 9.17) is 16.9 Å². The fourth-order valence-corrected chi connectivity index (χ4v) is 2.03. The molecule has 0 aliphatic carbocycles. The molecular weight excluding hydrogens is 343 g/mol. The minimum Gasteiger partial charge on any atom is -0.322 e. The number of rotatable bonds is 4. The van der Waals surface area contributed by atoms with Crippen molar-refractivity contribution in [2.24, 2.45) is 0 Å². The molecule has 0 saturated heterocycles. The minimum atomic E-state index is -0.871. The number of pyridine rings is 1. The van der Waals surface area contributed by atoms with Crippen LogP contribution in [0.1, 0.15) is 5.56 Å². The Kier molecular flexibility index (Phi) is 4.91. The van der Waals surface area contributed by atoms with Gasteiger partial charge in [-0.25, -0.2) is 4.39 Å². The van der Waals surface area contributed by atoms with E-state index in [2.05, 4.69) is 5.32 Å². The number of anilines is 1. The van der Waals surface area contributed by atoms with E-state index in [9.17, 15) is 24.1 Å². The van der Waals surface area contributed by atoms with Gasteiger partial charge in [-0.1, -0.05) is 11.6 Å². The Bertz CT molecular complexity index is 935. The predicted molar refractivity (Wildman–Crippen MR) is 82.1 cm³/mol. The third kappa shape index (κ3) is 3.74. The van der Waals surface area contributed by atoms with Crippen molar-refractivity contribution in [3.63, 3.8) is 0 Å². The highest BCUT2D eigenvalue weighted by atomic mass is 35.5. The van der Waals surface area contributed by atoms with Crippen LogP contribution in [-0.2, 0) is 11.3 Å². The first-order valence-corrected chi connectivity index (χ1v) is 6.73. The number of nitrogens with zero attached hydrogens (tertiary/aromatic N) is 3. The number of nitro groups is 1. The normalized spacial score (nSPS) is 10.0. The molecule has 0 aliphatic rings. The van der Waals surface area contributed by atoms with Gasteiger partial charge in [-0.15, -0.1) is 0 Å². The molecule has 10 heteroatoms. The summed E-state index contributed by atoms with van der Waals surface area (Å²) < 4.78 is 14.3. The first-order chi connectivity index (χ1) is 11.3. The van der Waals surface area contributed by atoms with Crippen molar-refractivity contribution in [2.75, 3.05) is 5.32 Å². The summed E-state index contributed by atoms with van der Waals surface area (Å²) in [6, 6.07) is 5.84. The predicted octanol–water partition coefficient (Wildman–Crippen LogP) is 2.06. The summed E-state index contributed by atoms with van der Waals surface area (Å²) in [5, 5.41) is 22.0. The van der Waals surface area contributed by atoms with Gasteiger partial charge < -0.3 is 5.32 Å². The van der Waals surface area contributed by atoms with E-state index < -0.39 is 40.0 Å². The molecule has 0 spiro atoms. The Labute approximate surface area is 138 Å². The van der Waals surface area contributed by atoms with E-state index in [1.165, 1.54) is 18.2 Å². The van der Waals surface area contributed by atoms with Gasteiger partial charge in [-0.3, -0.25) is 24.3 Å². The zero-order valence-corrected chi connectivity index (χ0v) is 12.6. The van der Waals surface area contributed by atoms with Crippen LogP contribution in [0.4, 0.5) is 15.8 Å². The summed E-state index contributed by atoms with van der Waals surface area (Å²) in [5.41, 5.74) is -2.07. The van der Waals surface area contributed by atoms with Crippen molar-refractivity contribution >= 4 is 28.9 Å². The topological polar surface area (TPSA) is 118 Å². The van der Waals surface area contributed by atoms with Crippen LogP contribution in [-0.4, -0.2) is 15.4 Å². The van der Waals surface area contributed by atoms with Crippen molar-refractivity contribution in [3.8, 4) is 6.07 Å². The van der Waals surface area contributed by atoms with Gasteiger partial charge in [0.25, 0.3) is 11.2 Å². The van der Waals surface area contributed by atoms with E-state index in [-0.39, 0.29) is 10.7 Å². The molecule has 1 heterocycles. The second kappa shape index (κ2) is 6.89. The zero-order chi connectivity index (χ0) is 17.9. The van der Waals surface area contributed by atoms with Crippen molar-refractivity contribution in [1.29, 1.82) is 5.26 Å². The largest absolute Gasteiger partial charge is 0.322 e. The van der Waals surface area contributed by atoms with E-state index in [1.54, 1.807) is 0 Å². The van der Waals surface area contributed by atoms with Crippen LogP contribution < -0.4 is 10.9 Å². The van der Waals surface area contributed by atoms with Gasteiger partial charge in [0.05, 0.1) is 16.8 Å². The minimum absolute atomic E-state index is 0.186. The number of nitriles is 1. The fourth-order valence-electron chi connectivity index (χ4n) is 1.86. The molecular formula is C14H8ClFN4O4. The van der Waals surface area contributed by atoms with Gasteiger partial charge in [0.2, 0.25) is 5.91 Å². The Morgan fingerprint density at radius 1 is 1.46 bits per heavy atom. The molecule has 2 aromatic rings. The molecule has 0 atom stereocenters. The third-order valence-electron chi connectivity index (χ3n) is 2.92. The third-order valence-corrected chi connectivity index (χ3v) is 3.15. The van der Waals surface area contributed by atoms with Crippen molar-refractivity contribution in [3.05, 3.63) is 67.3 Å². The number of benzene rings is 1. The quantitative estimate of drug-likeness (QED) is 0.668. The van der Waals surface area contributed by atoms with Crippen LogP contribution >= 0.6 is 11.6 Å². The fraction of sp³-hybridized carbons (Fsp3) is 0.0714. The summed E-state index contributed by atoms with van der Waals surface area (Å²) in [6.07, 6.45) is 0.830. The number of hydrogen-bond acceptors (Lipinski definition) is 5. The standard InChI is InChI=1S/C14H8ClFN4O4/c15-9-1-2-11(16)12(4-9)18-13(21)7-19-6-10(20(23)24)3-8(5-17)14(19)22/h1-4,6H,7H2,(H,18,21). The molecule has 0 unspecified atom stereocenters. The van der Waals surface area contributed by atoms with Gasteiger partial charge in [0.1, 0.15) is 24.0 Å². The molecule has 122 valence electrons. The molecule has 1 aromatic carbocycles. The maximum atomic E-state index is 13.6. The molecule has 0 fully saturated rings. The van der Waals surface area contributed by atoms with E-state index >= 15 is 0 Å². The van der Waals surface area contributed by atoms with Crippen molar-refractivity contribution < 1.29 is 14.1 Å². The zero-order valence-electron chi connectivity index (χ0n) is 11.8.